The third-order valence-electron chi connectivity index (χ3n) is 5.44. The molecule has 1 fully saturated rings. The van der Waals surface area contributed by atoms with E-state index < -0.39 is 0 Å². The Morgan fingerprint density at radius 3 is 2.85 bits per heavy atom. The highest BCUT2D eigenvalue weighted by atomic mass is 16.1. The Balaban J connectivity index is 1.51. The fourth-order valence-electron chi connectivity index (χ4n) is 3.97. The number of hydrogen-bond donors (Lipinski definition) is 0. The average molecular weight is 362 g/mol. The topological polar surface area (TPSA) is 51.0 Å². The average Bonchev–Trinajstić information content (AvgIpc) is 3.31. The molecule has 5 heteroatoms. The van der Waals surface area contributed by atoms with Crippen LogP contribution in [-0.2, 0) is 18.3 Å². The lowest BCUT2D eigenvalue weighted by Gasteiger charge is -2.14. The molecule has 1 aliphatic heterocycles. The molecule has 3 heterocycles. The first-order chi connectivity index (χ1) is 13.1. The molecule has 0 amide bonds. The first-order valence-electron chi connectivity index (χ1n) is 9.75. The standard InChI is InChI=1S/C22H26N4O/c1-3-7-26-8-6-18(15-26)22(27)11-21-10-19-9-16(4-5-17(19)12-23-21)20-13-24-25(2)14-20/h4-5,9-10,12-14,18H,3,6-8,11,15H2,1-2H3. The van der Waals surface area contributed by atoms with Crippen LogP contribution in [0.1, 0.15) is 25.5 Å². The maximum Gasteiger partial charge on any atom is 0.143 e. The van der Waals surface area contributed by atoms with Crippen molar-refractivity contribution in [3.8, 4) is 11.1 Å². The molecule has 1 aromatic carbocycles. The molecule has 0 spiro atoms. The molecule has 0 aliphatic carbocycles. The van der Waals surface area contributed by atoms with Gasteiger partial charge in [-0.25, -0.2) is 0 Å². The largest absolute Gasteiger partial charge is 0.303 e. The van der Waals surface area contributed by atoms with Crippen molar-refractivity contribution in [2.75, 3.05) is 19.6 Å². The van der Waals surface area contributed by atoms with Gasteiger partial charge in [0.15, 0.2) is 0 Å². The van der Waals surface area contributed by atoms with Crippen molar-refractivity contribution in [3.05, 3.63) is 48.5 Å². The van der Waals surface area contributed by atoms with Crippen LogP contribution < -0.4 is 0 Å². The molecular formula is C22H26N4O. The van der Waals surface area contributed by atoms with Gasteiger partial charge < -0.3 is 4.90 Å². The number of pyridine rings is 1. The normalized spacial score (nSPS) is 17.6. The van der Waals surface area contributed by atoms with Crippen LogP contribution in [0.15, 0.2) is 42.9 Å². The van der Waals surface area contributed by atoms with Crippen LogP contribution in [0.5, 0.6) is 0 Å². The van der Waals surface area contributed by atoms with Crippen molar-refractivity contribution in [2.24, 2.45) is 13.0 Å². The molecule has 5 nitrogen and oxygen atoms in total. The van der Waals surface area contributed by atoms with Crippen LogP contribution in [0, 0.1) is 5.92 Å². The molecule has 4 rings (SSSR count). The SMILES string of the molecule is CCCN1CCC(C(=O)Cc2cc3cc(-c4cnn(C)c4)ccc3cn2)C1. The van der Waals surface area contributed by atoms with E-state index in [9.17, 15) is 4.79 Å². The van der Waals surface area contributed by atoms with Crippen LogP contribution in [0.3, 0.4) is 0 Å². The van der Waals surface area contributed by atoms with Crippen molar-refractivity contribution in [1.82, 2.24) is 19.7 Å². The third kappa shape index (κ3) is 3.93. The van der Waals surface area contributed by atoms with Crippen LogP contribution in [0.2, 0.25) is 0 Å². The molecule has 140 valence electrons. The van der Waals surface area contributed by atoms with Gasteiger partial charge >= 0.3 is 0 Å². The Bertz CT molecular complexity index is 962. The van der Waals surface area contributed by atoms with E-state index in [-0.39, 0.29) is 5.92 Å². The zero-order chi connectivity index (χ0) is 18.8. The number of aromatic nitrogens is 3. The Morgan fingerprint density at radius 2 is 2.07 bits per heavy atom. The van der Waals surface area contributed by atoms with E-state index in [1.54, 1.807) is 4.68 Å². The number of fused-ring (bicyclic) bond motifs is 1. The molecule has 1 unspecified atom stereocenters. The van der Waals surface area contributed by atoms with Crippen molar-refractivity contribution in [1.29, 1.82) is 0 Å². The molecule has 3 aromatic rings. The van der Waals surface area contributed by atoms with E-state index in [0.29, 0.717) is 12.2 Å². The number of benzene rings is 1. The van der Waals surface area contributed by atoms with Gasteiger partial charge in [-0.15, -0.1) is 0 Å². The fraction of sp³-hybridized carbons (Fsp3) is 0.409. The number of carbonyl (C=O) groups excluding carboxylic acids is 1. The summed E-state index contributed by atoms with van der Waals surface area (Å²) in [7, 11) is 1.92. The quantitative estimate of drug-likeness (QED) is 0.674. The number of carbonyl (C=O) groups is 1. The van der Waals surface area contributed by atoms with Gasteiger partial charge in [0.1, 0.15) is 5.78 Å². The smallest absolute Gasteiger partial charge is 0.143 e. The second-order valence-electron chi connectivity index (χ2n) is 7.57. The monoisotopic (exact) mass is 362 g/mol. The molecule has 0 saturated carbocycles. The minimum atomic E-state index is 0.163. The molecular weight excluding hydrogens is 336 g/mol. The number of ketones is 1. The van der Waals surface area contributed by atoms with E-state index in [0.717, 1.165) is 60.1 Å². The number of nitrogens with zero attached hydrogens (tertiary/aromatic N) is 4. The fourth-order valence-corrected chi connectivity index (χ4v) is 3.97. The van der Waals surface area contributed by atoms with Gasteiger partial charge in [0.2, 0.25) is 0 Å². The van der Waals surface area contributed by atoms with E-state index in [2.05, 4.69) is 46.2 Å². The predicted octanol–water partition coefficient (Wildman–Crippen LogP) is 3.48. The summed E-state index contributed by atoms with van der Waals surface area (Å²) in [5, 5.41) is 6.46. The molecule has 0 radical (unpaired) electrons. The zero-order valence-electron chi connectivity index (χ0n) is 16.1. The van der Waals surface area contributed by atoms with Crippen LogP contribution in [0.25, 0.3) is 21.9 Å². The van der Waals surface area contributed by atoms with E-state index in [4.69, 9.17) is 0 Å². The summed E-state index contributed by atoms with van der Waals surface area (Å²) in [5.41, 5.74) is 3.09. The van der Waals surface area contributed by atoms with E-state index in [1.165, 1.54) is 0 Å². The van der Waals surface area contributed by atoms with Crippen molar-refractivity contribution >= 4 is 16.6 Å². The number of aryl methyl sites for hydroxylation is 1. The molecule has 1 aliphatic rings. The summed E-state index contributed by atoms with van der Waals surface area (Å²) in [6.07, 6.45) is 8.31. The lowest BCUT2D eigenvalue weighted by atomic mass is 9.98. The maximum atomic E-state index is 12.7. The number of rotatable bonds is 6. The minimum Gasteiger partial charge on any atom is -0.303 e. The Hall–Kier alpha value is -2.53. The highest BCUT2D eigenvalue weighted by Gasteiger charge is 2.27. The van der Waals surface area contributed by atoms with Gasteiger partial charge in [-0.2, -0.15) is 5.10 Å². The van der Waals surface area contributed by atoms with E-state index in [1.807, 2.05) is 25.6 Å². The lowest BCUT2D eigenvalue weighted by molar-refractivity contribution is -0.121. The third-order valence-corrected chi connectivity index (χ3v) is 5.44. The zero-order valence-corrected chi connectivity index (χ0v) is 16.1. The Morgan fingerprint density at radius 1 is 1.19 bits per heavy atom. The van der Waals surface area contributed by atoms with Gasteiger partial charge in [0.05, 0.1) is 6.20 Å². The van der Waals surface area contributed by atoms with Crippen LogP contribution in [0.4, 0.5) is 0 Å². The summed E-state index contributed by atoms with van der Waals surface area (Å²) in [6.45, 7) is 5.23. The first kappa shape index (κ1) is 17.9. The first-order valence-corrected chi connectivity index (χ1v) is 9.75. The summed E-state index contributed by atoms with van der Waals surface area (Å²) in [6, 6.07) is 8.38. The predicted molar refractivity (Wildman–Crippen MR) is 107 cm³/mol. The summed E-state index contributed by atoms with van der Waals surface area (Å²) >= 11 is 0. The highest BCUT2D eigenvalue weighted by Crippen LogP contribution is 2.25. The van der Waals surface area contributed by atoms with Gasteiger partial charge in [-0.1, -0.05) is 19.1 Å². The summed E-state index contributed by atoms with van der Waals surface area (Å²) in [5.74, 6) is 0.486. The summed E-state index contributed by atoms with van der Waals surface area (Å²) in [4.78, 5) is 19.6. The second kappa shape index (κ2) is 7.61. The summed E-state index contributed by atoms with van der Waals surface area (Å²) < 4.78 is 1.81. The molecule has 27 heavy (non-hydrogen) atoms. The van der Waals surface area contributed by atoms with Crippen LogP contribution >= 0.6 is 0 Å². The minimum absolute atomic E-state index is 0.163. The van der Waals surface area contributed by atoms with Gasteiger partial charge in [0.25, 0.3) is 0 Å². The molecule has 0 N–H and O–H groups in total. The highest BCUT2D eigenvalue weighted by molar-refractivity contribution is 5.88. The van der Waals surface area contributed by atoms with Crippen molar-refractivity contribution in [3.63, 3.8) is 0 Å². The van der Waals surface area contributed by atoms with Crippen molar-refractivity contribution in [2.45, 2.75) is 26.2 Å². The number of hydrogen-bond acceptors (Lipinski definition) is 4. The molecule has 2 aromatic heterocycles. The number of Topliss-reactive ketones (excluding diaryl/α,β-unsaturated/α-hetero) is 1. The van der Waals surface area contributed by atoms with Gasteiger partial charge in [-0.3, -0.25) is 14.5 Å². The molecule has 1 saturated heterocycles. The maximum absolute atomic E-state index is 12.7. The Labute approximate surface area is 160 Å². The van der Waals surface area contributed by atoms with Gasteiger partial charge in [0, 0.05) is 55.0 Å². The second-order valence-corrected chi connectivity index (χ2v) is 7.57. The number of likely N-dealkylation sites (tertiary alicyclic amines) is 1. The van der Waals surface area contributed by atoms with Crippen LogP contribution in [-0.4, -0.2) is 45.1 Å². The molecule has 1 atom stereocenters. The Kier molecular flexibility index (Phi) is 5.03. The molecule has 0 bridgehead atoms. The van der Waals surface area contributed by atoms with Gasteiger partial charge in [-0.05, 0) is 49.0 Å². The van der Waals surface area contributed by atoms with Crippen molar-refractivity contribution < 1.29 is 4.79 Å². The lowest BCUT2D eigenvalue weighted by Crippen LogP contribution is -2.24. The van der Waals surface area contributed by atoms with E-state index >= 15 is 0 Å².